The van der Waals surface area contributed by atoms with Crippen molar-refractivity contribution >= 4 is 5.91 Å². The van der Waals surface area contributed by atoms with E-state index in [1.165, 1.54) is 6.20 Å². The topological polar surface area (TPSA) is 90.1 Å². The quantitative estimate of drug-likeness (QED) is 0.794. The molecular formula is C16H14N4O3. The molecule has 23 heavy (non-hydrogen) atoms. The second kappa shape index (κ2) is 6.27. The summed E-state index contributed by atoms with van der Waals surface area (Å²) < 4.78 is 10.6. The van der Waals surface area contributed by atoms with E-state index in [0.717, 1.165) is 5.56 Å². The van der Waals surface area contributed by atoms with Crippen molar-refractivity contribution in [2.45, 2.75) is 0 Å². The van der Waals surface area contributed by atoms with E-state index in [2.05, 4.69) is 20.4 Å². The second-order valence-corrected chi connectivity index (χ2v) is 4.63. The lowest BCUT2D eigenvalue weighted by atomic mass is 10.2. The number of para-hydroxylation sites is 1. The Morgan fingerprint density at radius 1 is 1.22 bits per heavy atom. The van der Waals surface area contributed by atoms with Crippen LogP contribution in [-0.4, -0.2) is 35.2 Å². The maximum absolute atomic E-state index is 11.5. The first-order chi connectivity index (χ1) is 11.2. The number of amides is 1. The highest BCUT2D eigenvalue weighted by molar-refractivity contribution is 5.92. The summed E-state index contributed by atoms with van der Waals surface area (Å²) in [5.41, 5.74) is 1.69. The lowest BCUT2D eigenvalue weighted by molar-refractivity contribution is 0.0958. The van der Waals surface area contributed by atoms with Crippen molar-refractivity contribution in [2.75, 3.05) is 14.2 Å². The number of benzene rings is 1. The van der Waals surface area contributed by atoms with Gasteiger partial charge in [0.05, 0.1) is 18.2 Å². The Hall–Kier alpha value is -3.22. The molecule has 0 saturated heterocycles. The van der Waals surface area contributed by atoms with Gasteiger partial charge in [-0.05, 0) is 24.3 Å². The van der Waals surface area contributed by atoms with Crippen LogP contribution in [0.3, 0.4) is 0 Å². The Morgan fingerprint density at radius 3 is 2.74 bits per heavy atom. The van der Waals surface area contributed by atoms with Crippen LogP contribution in [0.15, 0.2) is 47.1 Å². The molecule has 0 aliphatic rings. The highest BCUT2D eigenvalue weighted by Crippen LogP contribution is 2.28. The highest BCUT2D eigenvalue weighted by Gasteiger charge is 2.14. The molecule has 116 valence electrons. The summed E-state index contributed by atoms with van der Waals surface area (Å²) in [5.74, 6) is 1.15. The molecule has 7 nitrogen and oxygen atoms in total. The van der Waals surface area contributed by atoms with Crippen molar-refractivity contribution in [1.82, 2.24) is 20.4 Å². The average Bonchev–Trinajstić information content (AvgIpc) is 3.11. The fraction of sp³-hybridized carbons (Fsp3) is 0.125. The number of carbonyl (C=O) groups excluding carboxylic acids is 1. The number of ether oxygens (including phenoxy) is 1. The summed E-state index contributed by atoms with van der Waals surface area (Å²) in [4.78, 5) is 19.9. The van der Waals surface area contributed by atoms with E-state index in [1.807, 2.05) is 24.3 Å². The zero-order valence-electron chi connectivity index (χ0n) is 12.6. The first-order valence-corrected chi connectivity index (χ1v) is 6.88. The van der Waals surface area contributed by atoms with Gasteiger partial charge in [0.15, 0.2) is 0 Å². The SMILES string of the molecule is CNC(=O)c1ccc(-c2nc(-c3ccccc3OC)no2)cn1. The van der Waals surface area contributed by atoms with E-state index in [9.17, 15) is 4.79 Å². The van der Waals surface area contributed by atoms with Gasteiger partial charge in [-0.15, -0.1) is 0 Å². The molecular weight excluding hydrogens is 296 g/mol. The molecule has 3 rings (SSSR count). The minimum Gasteiger partial charge on any atom is -0.496 e. The van der Waals surface area contributed by atoms with Crippen molar-refractivity contribution in [2.24, 2.45) is 0 Å². The fourth-order valence-corrected chi connectivity index (χ4v) is 2.06. The minimum absolute atomic E-state index is 0.253. The molecule has 0 spiro atoms. The molecule has 0 unspecified atom stereocenters. The lowest BCUT2D eigenvalue weighted by Crippen LogP contribution is -2.18. The largest absolute Gasteiger partial charge is 0.496 e. The molecule has 7 heteroatoms. The molecule has 0 aliphatic carbocycles. The molecule has 3 aromatic rings. The molecule has 2 heterocycles. The Kier molecular flexibility index (Phi) is 4.01. The van der Waals surface area contributed by atoms with E-state index in [-0.39, 0.29) is 5.91 Å². The summed E-state index contributed by atoms with van der Waals surface area (Å²) in [6.07, 6.45) is 1.52. The van der Waals surface area contributed by atoms with Gasteiger partial charge >= 0.3 is 0 Å². The Labute approximate surface area is 132 Å². The predicted molar refractivity (Wildman–Crippen MR) is 82.9 cm³/mol. The van der Waals surface area contributed by atoms with Crippen molar-refractivity contribution in [3.8, 4) is 28.6 Å². The summed E-state index contributed by atoms with van der Waals surface area (Å²) in [5, 5.41) is 6.48. The van der Waals surface area contributed by atoms with Crippen LogP contribution in [0, 0.1) is 0 Å². The third-order valence-corrected chi connectivity index (χ3v) is 3.24. The van der Waals surface area contributed by atoms with E-state index in [0.29, 0.717) is 28.7 Å². The molecule has 1 amide bonds. The number of carbonyl (C=O) groups is 1. The van der Waals surface area contributed by atoms with E-state index < -0.39 is 0 Å². The van der Waals surface area contributed by atoms with Crippen LogP contribution < -0.4 is 10.1 Å². The van der Waals surface area contributed by atoms with Gasteiger partial charge in [0.25, 0.3) is 11.8 Å². The Balaban J connectivity index is 1.91. The Morgan fingerprint density at radius 2 is 2.04 bits per heavy atom. The average molecular weight is 310 g/mol. The van der Waals surface area contributed by atoms with E-state index in [1.54, 1.807) is 26.3 Å². The van der Waals surface area contributed by atoms with Crippen LogP contribution in [0.1, 0.15) is 10.5 Å². The van der Waals surface area contributed by atoms with Gasteiger partial charge in [-0.3, -0.25) is 9.78 Å². The van der Waals surface area contributed by atoms with Crippen LogP contribution in [0.5, 0.6) is 5.75 Å². The monoisotopic (exact) mass is 310 g/mol. The van der Waals surface area contributed by atoms with Crippen molar-refractivity contribution < 1.29 is 14.1 Å². The third-order valence-electron chi connectivity index (χ3n) is 3.24. The molecule has 0 fully saturated rings. The molecule has 1 N–H and O–H groups in total. The van der Waals surface area contributed by atoms with Crippen LogP contribution in [0.4, 0.5) is 0 Å². The highest BCUT2D eigenvalue weighted by atomic mass is 16.5. The van der Waals surface area contributed by atoms with Gasteiger partial charge in [0, 0.05) is 13.2 Å². The van der Waals surface area contributed by atoms with Crippen LogP contribution in [0.25, 0.3) is 22.8 Å². The van der Waals surface area contributed by atoms with Crippen LogP contribution in [0.2, 0.25) is 0 Å². The van der Waals surface area contributed by atoms with Crippen molar-refractivity contribution in [3.63, 3.8) is 0 Å². The van der Waals surface area contributed by atoms with Gasteiger partial charge in [-0.2, -0.15) is 4.98 Å². The van der Waals surface area contributed by atoms with Gasteiger partial charge in [0.2, 0.25) is 5.82 Å². The number of methoxy groups -OCH3 is 1. The molecule has 2 aromatic heterocycles. The predicted octanol–water partition coefficient (Wildman–Crippen LogP) is 2.17. The molecule has 0 radical (unpaired) electrons. The van der Waals surface area contributed by atoms with E-state index >= 15 is 0 Å². The smallest absolute Gasteiger partial charge is 0.269 e. The van der Waals surface area contributed by atoms with Gasteiger partial charge in [-0.25, -0.2) is 0 Å². The summed E-state index contributed by atoms with van der Waals surface area (Å²) in [6.45, 7) is 0. The summed E-state index contributed by atoms with van der Waals surface area (Å²) in [7, 11) is 3.14. The normalized spacial score (nSPS) is 10.3. The molecule has 0 aliphatic heterocycles. The lowest BCUT2D eigenvalue weighted by Gasteiger charge is -2.03. The van der Waals surface area contributed by atoms with Gasteiger partial charge < -0.3 is 14.6 Å². The number of nitrogens with zero attached hydrogens (tertiary/aromatic N) is 3. The number of hydrogen-bond donors (Lipinski definition) is 1. The van der Waals surface area contributed by atoms with Gasteiger partial charge in [0.1, 0.15) is 11.4 Å². The fourth-order valence-electron chi connectivity index (χ4n) is 2.06. The molecule has 0 bridgehead atoms. The number of nitrogens with one attached hydrogen (secondary N) is 1. The Bertz CT molecular complexity index is 827. The van der Waals surface area contributed by atoms with Crippen molar-refractivity contribution in [1.29, 1.82) is 0 Å². The standard InChI is InChI=1S/C16H14N4O3/c1-17-15(21)12-8-7-10(9-18-12)16-19-14(20-23-16)11-5-3-4-6-13(11)22-2/h3-9H,1-2H3,(H,17,21). The third kappa shape index (κ3) is 2.89. The second-order valence-electron chi connectivity index (χ2n) is 4.63. The molecule has 0 saturated carbocycles. The number of rotatable bonds is 4. The summed E-state index contributed by atoms with van der Waals surface area (Å²) >= 11 is 0. The number of aromatic nitrogens is 3. The zero-order valence-corrected chi connectivity index (χ0v) is 12.6. The van der Waals surface area contributed by atoms with Crippen molar-refractivity contribution in [3.05, 3.63) is 48.3 Å². The van der Waals surface area contributed by atoms with Crippen LogP contribution in [-0.2, 0) is 0 Å². The van der Waals surface area contributed by atoms with Gasteiger partial charge in [-0.1, -0.05) is 17.3 Å². The first kappa shape index (κ1) is 14.7. The molecule has 0 atom stereocenters. The number of pyridine rings is 1. The molecule has 1 aromatic carbocycles. The minimum atomic E-state index is -0.253. The maximum atomic E-state index is 11.5. The summed E-state index contributed by atoms with van der Waals surface area (Å²) in [6, 6.07) is 10.7. The van der Waals surface area contributed by atoms with E-state index in [4.69, 9.17) is 9.26 Å². The number of hydrogen-bond acceptors (Lipinski definition) is 6. The first-order valence-electron chi connectivity index (χ1n) is 6.88. The zero-order chi connectivity index (χ0) is 16.2. The maximum Gasteiger partial charge on any atom is 0.269 e. The van der Waals surface area contributed by atoms with Crippen LogP contribution >= 0.6 is 0 Å².